The fourth-order valence-electron chi connectivity index (χ4n) is 2.76. The summed E-state index contributed by atoms with van der Waals surface area (Å²) in [4.78, 5) is 20.1. The molecule has 0 radical (unpaired) electrons. The van der Waals surface area contributed by atoms with Crippen molar-refractivity contribution in [1.82, 2.24) is 25.1 Å². The average Bonchev–Trinajstić information content (AvgIpc) is 2.95. The maximum Gasteiger partial charge on any atom is 0.198 e. The molecule has 6 nitrogen and oxygen atoms in total. The summed E-state index contributed by atoms with van der Waals surface area (Å²) in [5.41, 5.74) is 1.46. The summed E-state index contributed by atoms with van der Waals surface area (Å²) in [7, 11) is 0. The second-order valence-corrected chi connectivity index (χ2v) is 5.40. The van der Waals surface area contributed by atoms with Crippen LogP contribution < -0.4 is 10.7 Å². The number of aromatic amines is 1. The molecule has 22 heavy (non-hydrogen) atoms. The van der Waals surface area contributed by atoms with Gasteiger partial charge in [0.2, 0.25) is 0 Å². The van der Waals surface area contributed by atoms with Gasteiger partial charge in [0.25, 0.3) is 0 Å². The van der Waals surface area contributed by atoms with Gasteiger partial charge in [-0.05, 0) is 25.1 Å². The monoisotopic (exact) mass is 299 g/mol. The molecule has 3 aromatic rings. The molecular weight excluding hydrogens is 285 g/mol. The van der Waals surface area contributed by atoms with E-state index in [0.717, 1.165) is 18.9 Å². The molecule has 0 spiro atoms. The highest BCUT2D eigenvalue weighted by Gasteiger charge is 2.18. The number of nitrogens with zero attached hydrogens (tertiary/aromatic N) is 3. The fourth-order valence-corrected chi connectivity index (χ4v) is 2.76. The van der Waals surface area contributed by atoms with Crippen LogP contribution in [0.1, 0.15) is 11.4 Å². The number of aromatic nitrogens is 4. The fraction of sp³-hybridized carbons (Fsp3) is 0.267. The van der Waals surface area contributed by atoms with E-state index in [-0.39, 0.29) is 5.43 Å². The second kappa shape index (κ2) is 4.74. The number of nitrogens with one attached hydrogen (secondary N) is 2. The molecule has 0 saturated carbocycles. The van der Waals surface area contributed by atoms with Crippen molar-refractivity contribution >= 4 is 10.9 Å². The first-order valence-electron chi connectivity index (χ1n) is 7.10. The number of hydrogen-bond acceptors (Lipinski definition) is 4. The van der Waals surface area contributed by atoms with E-state index in [1.807, 2.05) is 4.68 Å². The van der Waals surface area contributed by atoms with Crippen molar-refractivity contribution in [3.8, 4) is 11.5 Å². The van der Waals surface area contributed by atoms with Crippen LogP contribution in [0.15, 0.2) is 23.0 Å². The van der Waals surface area contributed by atoms with Crippen molar-refractivity contribution in [1.29, 1.82) is 0 Å². The molecule has 3 heterocycles. The van der Waals surface area contributed by atoms with Gasteiger partial charge < -0.3 is 10.3 Å². The van der Waals surface area contributed by atoms with E-state index in [1.165, 1.54) is 12.1 Å². The number of H-pyrrole nitrogens is 1. The van der Waals surface area contributed by atoms with Crippen LogP contribution in [-0.4, -0.2) is 26.3 Å². The Kier molecular flexibility index (Phi) is 2.83. The van der Waals surface area contributed by atoms with Crippen LogP contribution in [0.2, 0.25) is 0 Å². The highest BCUT2D eigenvalue weighted by Crippen LogP contribution is 2.20. The Morgan fingerprint density at radius 2 is 2.23 bits per heavy atom. The van der Waals surface area contributed by atoms with Crippen LogP contribution in [0.5, 0.6) is 0 Å². The predicted octanol–water partition coefficient (Wildman–Crippen LogP) is 1.34. The molecule has 0 aliphatic carbocycles. The molecule has 0 unspecified atom stereocenters. The Labute approximate surface area is 125 Å². The third kappa shape index (κ3) is 1.93. The summed E-state index contributed by atoms with van der Waals surface area (Å²) < 4.78 is 15.2. The normalized spacial score (nSPS) is 14.3. The molecule has 0 amide bonds. The highest BCUT2D eigenvalue weighted by atomic mass is 19.1. The quantitative estimate of drug-likeness (QED) is 0.711. The molecule has 7 heteroatoms. The van der Waals surface area contributed by atoms with Gasteiger partial charge in [-0.3, -0.25) is 4.79 Å². The van der Waals surface area contributed by atoms with Crippen molar-refractivity contribution in [2.45, 2.75) is 20.0 Å². The topological polar surface area (TPSA) is 75.6 Å². The van der Waals surface area contributed by atoms with Crippen molar-refractivity contribution in [2.75, 3.05) is 6.54 Å². The largest absolute Gasteiger partial charge is 0.351 e. The molecular formula is C15H14FN5O. The predicted molar refractivity (Wildman–Crippen MR) is 80.0 cm³/mol. The van der Waals surface area contributed by atoms with Gasteiger partial charge in [0.15, 0.2) is 11.3 Å². The van der Waals surface area contributed by atoms with Gasteiger partial charge in [0, 0.05) is 17.5 Å². The van der Waals surface area contributed by atoms with Crippen molar-refractivity contribution in [2.24, 2.45) is 0 Å². The van der Waals surface area contributed by atoms with Crippen molar-refractivity contribution in [3.05, 3.63) is 45.6 Å². The highest BCUT2D eigenvalue weighted by molar-refractivity contribution is 5.82. The number of benzene rings is 1. The lowest BCUT2D eigenvalue weighted by Crippen LogP contribution is -2.28. The Hall–Kier alpha value is -2.54. The van der Waals surface area contributed by atoms with Crippen LogP contribution in [0.4, 0.5) is 4.39 Å². The van der Waals surface area contributed by atoms with Gasteiger partial charge in [-0.1, -0.05) is 0 Å². The van der Waals surface area contributed by atoms with Crippen molar-refractivity contribution < 1.29 is 4.39 Å². The summed E-state index contributed by atoms with van der Waals surface area (Å²) >= 11 is 0. The van der Waals surface area contributed by atoms with Gasteiger partial charge in [-0.15, -0.1) is 5.10 Å². The summed E-state index contributed by atoms with van der Waals surface area (Å²) in [5.74, 6) is 0.923. The van der Waals surface area contributed by atoms with Crippen LogP contribution in [0, 0.1) is 12.7 Å². The molecule has 0 saturated heterocycles. The smallest absolute Gasteiger partial charge is 0.198 e. The maximum absolute atomic E-state index is 13.3. The van der Waals surface area contributed by atoms with Crippen molar-refractivity contribution in [3.63, 3.8) is 0 Å². The zero-order valence-corrected chi connectivity index (χ0v) is 12.0. The number of pyridine rings is 1. The standard InChI is InChI=1S/C15H14FN5O/c1-8-13(15-19-12-7-17-4-5-21(12)20-15)18-11-3-2-9(16)6-10(11)14(8)22/h2-3,6,17H,4-5,7H2,1H3,(H,18,22). The summed E-state index contributed by atoms with van der Waals surface area (Å²) in [6.07, 6.45) is 0. The Morgan fingerprint density at radius 1 is 1.36 bits per heavy atom. The zero-order valence-electron chi connectivity index (χ0n) is 12.0. The summed E-state index contributed by atoms with van der Waals surface area (Å²) in [5, 5.41) is 8.04. The minimum atomic E-state index is -0.424. The first kappa shape index (κ1) is 13.1. The van der Waals surface area contributed by atoms with E-state index >= 15 is 0 Å². The Bertz CT molecular complexity index is 919. The second-order valence-electron chi connectivity index (χ2n) is 5.40. The molecule has 2 N–H and O–H groups in total. The Morgan fingerprint density at radius 3 is 3.05 bits per heavy atom. The van der Waals surface area contributed by atoms with Gasteiger partial charge in [0.1, 0.15) is 11.6 Å². The minimum absolute atomic E-state index is 0.200. The van der Waals surface area contributed by atoms with E-state index in [4.69, 9.17) is 0 Å². The van der Waals surface area contributed by atoms with E-state index < -0.39 is 5.82 Å². The number of halogens is 1. The third-order valence-corrected chi connectivity index (χ3v) is 3.96. The number of rotatable bonds is 1. The number of hydrogen-bond donors (Lipinski definition) is 2. The lowest BCUT2D eigenvalue weighted by atomic mass is 10.1. The molecule has 0 atom stereocenters. The first-order valence-corrected chi connectivity index (χ1v) is 7.10. The van der Waals surface area contributed by atoms with Crippen LogP contribution >= 0.6 is 0 Å². The van der Waals surface area contributed by atoms with E-state index in [1.54, 1.807) is 13.0 Å². The molecule has 0 bridgehead atoms. The molecule has 4 rings (SSSR count). The lowest BCUT2D eigenvalue weighted by Gasteiger charge is -2.11. The van der Waals surface area contributed by atoms with Crippen LogP contribution in [-0.2, 0) is 13.1 Å². The van der Waals surface area contributed by atoms with E-state index in [9.17, 15) is 9.18 Å². The molecule has 1 aromatic carbocycles. The average molecular weight is 299 g/mol. The SMILES string of the molecule is Cc1c(-c2nc3n(n2)CCNC3)[nH]c2ccc(F)cc2c1=O. The maximum atomic E-state index is 13.3. The van der Waals surface area contributed by atoms with Gasteiger partial charge in [-0.25, -0.2) is 14.1 Å². The van der Waals surface area contributed by atoms with Gasteiger partial charge in [-0.2, -0.15) is 0 Å². The first-order chi connectivity index (χ1) is 10.6. The molecule has 112 valence electrons. The minimum Gasteiger partial charge on any atom is -0.351 e. The van der Waals surface area contributed by atoms with Gasteiger partial charge in [0.05, 0.1) is 24.3 Å². The van der Waals surface area contributed by atoms with Gasteiger partial charge >= 0.3 is 0 Å². The molecule has 1 aliphatic heterocycles. The lowest BCUT2D eigenvalue weighted by molar-refractivity contribution is 0.469. The molecule has 2 aromatic heterocycles. The molecule has 1 aliphatic rings. The third-order valence-electron chi connectivity index (χ3n) is 3.96. The zero-order chi connectivity index (χ0) is 15.3. The summed E-state index contributed by atoms with van der Waals surface area (Å²) in [6, 6.07) is 4.14. The van der Waals surface area contributed by atoms with E-state index in [2.05, 4.69) is 20.4 Å². The summed E-state index contributed by atoms with van der Waals surface area (Å²) in [6.45, 7) is 3.97. The van der Waals surface area contributed by atoms with Crippen LogP contribution in [0.3, 0.4) is 0 Å². The Balaban J connectivity index is 1.95. The molecule has 0 fully saturated rings. The van der Waals surface area contributed by atoms with Crippen LogP contribution in [0.25, 0.3) is 22.4 Å². The van der Waals surface area contributed by atoms with E-state index in [0.29, 0.717) is 34.5 Å². The number of fused-ring (bicyclic) bond motifs is 2.